The predicted molar refractivity (Wildman–Crippen MR) is 151 cm³/mol. The Bertz CT molecular complexity index is 1490. The zero-order valence-corrected chi connectivity index (χ0v) is 22.7. The number of rotatable bonds is 5. The van der Waals surface area contributed by atoms with Gasteiger partial charge in [-0.05, 0) is 49.2 Å². The van der Waals surface area contributed by atoms with Crippen molar-refractivity contribution in [2.45, 2.75) is 25.9 Å². The first-order valence-corrected chi connectivity index (χ1v) is 13.5. The number of carbonyl (C=O) groups excluding carboxylic acids is 1. The van der Waals surface area contributed by atoms with Crippen LogP contribution in [0.5, 0.6) is 0 Å². The molecule has 3 aromatic carbocycles. The van der Waals surface area contributed by atoms with E-state index in [0.717, 1.165) is 40.3 Å². The molecule has 1 aromatic heterocycles. The molecule has 0 bridgehead atoms. The van der Waals surface area contributed by atoms with E-state index >= 15 is 0 Å². The number of alkyl halides is 3. The lowest BCUT2D eigenvalue weighted by molar-refractivity contribution is -0.137. The Labute approximate surface area is 236 Å². The van der Waals surface area contributed by atoms with E-state index in [-0.39, 0.29) is 5.56 Å². The topological polar surface area (TPSA) is 49.3 Å². The molecule has 1 aliphatic heterocycles. The third-order valence-corrected chi connectivity index (χ3v) is 7.29. The quantitative estimate of drug-likeness (QED) is 0.260. The molecule has 4 aromatic rings. The first-order chi connectivity index (χ1) is 19.2. The number of benzene rings is 3. The summed E-state index contributed by atoms with van der Waals surface area (Å²) < 4.78 is 39.7. The number of aromatic nitrogens is 2. The molecule has 206 valence electrons. The second-order valence-electron chi connectivity index (χ2n) is 9.82. The van der Waals surface area contributed by atoms with Crippen LogP contribution in [0.2, 0.25) is 5.02 Å². The summed E-state index contributed by atoms with van der Waals surface area (Å²) in [4.78, 5) is 26.8. The number of aryl methyl sites for hydroxylation is 1. The number of anilines is 1. The van der Waals surface area contributed by atoms with Gasteiger partial charge in [0, 0.05) is 60.0 Å². The minimum absolute atomic E-state index is 0.0379. The Morgan fingerprint density at radius 1 is 0.900 bits per heavy atom. The van der Waals surface area contributed by atoms with Crippen LogP contribution in [-0.2, 0) is 12.6 Å². The van der Waals surface area contributed by atoms with Gasteiger partial charge < -0.3 is 9.80 Å². The molecule has 0 N–H and O–H groups in total. The largest absolute Gasteiger partial charge is 0.416 e. The van der Waals surface area contributed by atoms with E-state index in [4.69, 9.17) is 21.6 Å². The number of nitrogens with zero attached hydrogens (tertiary/aromatic N) is 4. The molecule has 5 nitrogen and oxygen atoms in total. The monoisotopic (exact) mass is 564 g/mol. The Morgan fingerprint density at radius 3 is 2.38 bits per heavy atom. The number of halogens is 4. The Hall–Kier alpha value is -3.91. The van der Waals surface area contributed by atoms with Crippen molar-refractivity contribution in [2.75, 3.05) is 31.1 Å². The van der Waals surface area contributed by atoms with Crippen molar-refractivity contribution >= 4 is 23.3 Å². The molecule has 1 aliphatic rings. The number of amides is 1. The van der Waals surface area contributed by atoms with Gasteiger partial charge in [-0.15, -0.1) is 0 Å². The van der Waals surface area contributed by atoms with Gasteiger partial charge in [-0.2, -0.15) is 13.2 Å². The summed E-state index contributed by atoms with van der Waals surface area (Å²) >= 11 is 6.10. The van der Waals surface area contributed by atoms with Gasteiger partial charge in [0.15, 0.2) is 5.82 Å². The van der Waals surface area contributed by atoms with E-state index in [1.165, 1.54) is 12.1 Å². The number of carbonyl (C=O) groups is 1. The molecule has 1 amide bonds. The highest BCUT2D eigenvalue weighted by Gasteiger charge is 2.32. The van der Waals surface area contributed by atoms with Gasteiger partial charge in [-0.25, -0.2) is 9.97 Å². The van der Waals surface area contributed by atoms with Gasteiger partial charge in [0.2, 0.25) is 0 Å². The molecular weight excluding hydrogens is 537 g/mol. The molecule has 2 heterocycles. The minimum Gasteiger partial charge on any atom is -0.354 e. The van der Waals surface area contributed by atoms with Crippen molar-refractivity contribution in [3.8, 4) is 11.4 Å². The van der Waals surface area contributed by atoms with Crippen LogP contribution in [0, 0.1) is 6.92 Å². The zero-order valence-electron chi connectivity index (χ0n) is 22.0. The van der Waals surface area contributed by atoms with Crippen LogP contribution in [0.25, 0.3) is 11.4 Å². The maximum atomic E-state index is 13.2. The van der Waals surface area contributed by atoms with Gasteiger partial charge in [0.1, 0.15) is 5.82 Å². The Kier molecular flexibility index (Phi) is 8.07. The molecule has 5 rings (SSSR count). The lowest BCUT2D eigenvalue weighted by Gasteiger charge is -2.26. The second-order valence-corrected chi connectivity index (χ2v) is 10.3. The van der Waals surface area contributed by atoms with E-state index in [9.17, 15) is 18.0 Å². The molecule has 0 atom stereocenters. The molecule has 0 unspecified atom stereocenters. The van der Waals surface area contributed by atoms with Crippen molar-refractivity contribution in [3.05, 3.63) is 112 Å². The average molecular weight is 565 g/mol. The first-order valence-electron chi connectivity index (χ1n) is 13.1. The fourth-order valence-corrected chi connectivity index (χ4v) is 5.04. The van der Waals surface area contributed by atoms with Gasteiger partial charge in [-0.3, -0.25) is 4.79 Å². The van der Waals surface area contributed by atoms with Crippen molar-refractivity contribution in [3.63, 3.8) is 0 Å². The van der Waals surface area contributed by atoms with Crippen LogP contribution in [0.4, 0.5) is 19.0 Å². The van der Waals surface area contributed by atoms with Crippen LogP contribution in [0.15, 0.2) is 78.9 Å². The molecule has 0 saturated carbocycles. The number of hydrogen-bond donors (Lipinski definition) is 0. The lowest BCUT2D eigenvalue weighted by atomic mass is 10.0. The van der Waals surface area contributed by atoms with E-state index in [1.54, 1.807) is 4.90 Å². The summed E-state index contributed by atoms with van der Waals surface area (Å²) in [6.45, 7) is 3.91. The normalized spacial score (nSPS) is 14.2. The maximum absolute atomic E-state index is 13.2. The third-order valence-electron chi connectivity index (χ3n) is 7.04. The standard InChI is InChI=1S/C31H28ClF3N4O/c1-21-27(19-22-11-13-26(32)14-12-22)29(37-28(36-21)23-7-3-2-4-8-23)38-15-6-16-39(18-17-38)30(40)24-9-5-10-25(20-24)31(33,34)35/h2-5,7-14,20H,6,15-19H2,1H3. The Morgan fingerprint density at radius 2 is 1.65 bits per heavy atom. The second kappa shape index (κ2) is 11.7. The van der Waals surface area contributed by atoms with Gasteiger partial charge in [-0.1, -0.05) is 60.1 Å². The smallest absolute Gasteiger partial charge is 0.354 e. The fraction of sp³-hybridized carbons (Fsp3) is 0.258. The van der Waals surface area contributed by atoms with Gasteiger partial charge >= 0.3 is 6.18 Å². The van der Waals surface area contributed by atoms with Crippen molar-refractivity contribution in [2.24, 2.45) is 0 Å². The van der Waals surface area contributed by atoms with Crippen molar-refractivity contribution < 1.29 is 18.0 Å². The van der Waals surface area contributed by atoms with E-state index in [2.05, 4.69) is 4.90 Å². The summed E-state index contributed by atoms with van der Waals surface area (Å²) in [5.74, 6) is 1.02. The molecule has 0 aliphatic carbocycles. The fourth-order valence-electron chi connectivity index (χ4n) is 4.92. The van der Waals surface area contributed by atoms with Crippen molar-refractivity contribution in [1.29, 1.82) is 0 Å². The van der Waals surface area contributed by atoms with Crippen LogP contribution in [-0.4, -0.2) is 47.0 Å². The van der Waals surface area contributed by atoms with Crippen LogP contribution in [0.1, 0.15) is 39.2 Å². The maximum Gasteiger partial charge on any atom is 0.416 e. The number of hydrogen-bond acceptors (Lipinski definition) is 4. The predicted octanol–water partition coefficient (Wildman–Crippen LogP) is 7.07. The molecule has 0 spiro atoms. The average Bonchev–Trinajstić information content (AvgIpc) is 3.21. The van der Waals surface area contributed by atoms with E-state index in [1.807, 2.05) is 61.5 Å². The summed E-state index contributed by atoms with van der Waals surface area (Å²) in [6, 6.07) is 22.0. The van der Waals surface area contributed by atoms with Crippen LogP contribution < -0.4 is 4.90 Å². The molecule has 9 heteroatoms. The summed E-state index contributed by atoms with van der Waals surface area (Å²) in [5.41, 5.74) is 3.03. The highest BCUT2D eigenvalue weighted by molar-refractivity contribution is 6.30. The van der Waals surface area contributed by atoms with E-state index in [0.29, 0.717) is 49.9 Å². The van der Waals surface area contributed by atoms with Crippen molar-refractivity contribution in [1.82, 2.24) is 14.9 Å². The molecule has 1 fully saturated rings. The summed E-state index contributed by atoms with van der Waals surface area (Å²) in [7, 11) is 0. The minimum atomic E-state index is -4.51. The SMILES string of the molecule is Cc1nc(-c2ccccc2)nc(N2CCCN(C(=O)c3cccc(C(F)(F)F)c3)CC2)c1Cc1ccc(Cl)cc1. The van der Waals surface area contributed by atoms with Gasteiger partial charge in [0.05, 0.1) is 5.56 Å². The van der Waals surface area contributed by atoms with Crippen LogP contribution in [0.3, 0.4) is 0 Å². The molecule has 40 heavy (non-hydrogen) atoms. The molecule has 1 saturated heterocycles. The highest BCUT2D eigenvalue weighted by Crippen LogP contribution is 2.31. The third kappa shape index (κ3) is 6.28. The van der Waals surface area contributed by atoms with Crippen LogP contribution >= 0.6 is 11.6 Å². The highest BCUT2D eigenvalue weighted by atomic mass is 35.5. The Balaban J connectivity index is 1.44. The zero-order chi connectivity index (χ0) is 28.3. The molecule has 0 radical (unpaired) electrons. The van der Waals surface area contributed by atoms with E-state index < -0.39 is 17.6 Å². The first kappa shape index (κ1) is 27.6. The van der Waals surface area contributed by atoms with Gasteiger partial charge in [0.25, 0.3) is 5.91 Å². The summed E-state index contributed by atoms with van der Waals surface area (Å²) in [6.07, 6.45) is -3.25. The molecular formula is C31H28ClF3N4O. The summed E-state index contributed by atoms with van der Waals surface area (Å²) in [5, 5.41) is 0.661. The lowest BCUT2D eigenvalue weighted by Crippen LogP contribution is -2.36.